The first-order valence-corrected chi connectivity index (χ1v) is 8.86. The molecule has 0 spiro atoms. The standard InChI is InChI=1S/C12H15N6O10P/c1-5(10(22)23)15-29(25)28-26-4-12(16-17-13)8(21)7(20)9(27-12)18-3-2-6(19)14-11(18)24/h2-3,5,7-9,20-21H,4H2,1H3,(H,22,23)(H,14,19,24)/t5-,7+,8-,9+,12+/m0/s1. The van der Waals surface area contributed by atoms with Gasteiger partial charge in [0.05, 0.1) is 0 Å². The number of hydrogen-bond acceptors (Lipinski definition) is 11. The van der Waals surface area contributed by atoms with E-state index >= 15 is 0 Å². The lowest BCUT2D eigenvalue weighted by atomic mass is 10.1. The van der Waals surface area contributed by atoms with Crippen LogP contribution in [0.15, 0.2) is 31.7 Å². The number of carboxylic acids is 1. The first-order valence-electron chi connectivity index (χ1n) is 7.73. The predicted molar refractivity (Wildman–Crippen MR) is 88.8 cm³/mol. The highest BCUT2D eigenvalue weighted by atomic mass is 31.1. The smallest absolute Gasteiger partial charge is 0.382 e. The van der Waals surface area contributed by atoms with Gasteiger partial charge in [0.15, 0.2) is 12.3 Å². The van der Waals surface area contributed by atoms with Gasteiger partial charge in [0.25, 0.3) is 5.56 Å². The van der Waals surface area contributed by atoms with Crippen LogP contribution in [-0.2, 0) is 19.1 Å². The summed E-state index contributed by atoms with van der Waals surface area (Å²) in [5.74, 6) is -1.37. The Labute approximate surface area is 161 Å². The Hall–Kier alpha value is -2.68. The summed E-state index contributed by atoms with van der Waals surface area (Å²) in [4.78, 5) is 54.2. The van der Waals surface area contributed by atoms with Gasteiger partial charge in [-0.05, 0) is 12.5 Å². The number of aliphatic carboxylic acids is 1. The summed E-state index contributed by atoms with van der Waals surface area (Å²) in [6.45, 7) is 0.217. The molecule has 16 nitrogen and oxygen atoms in total. The molecule has 6 atom stereocenters. The molecular weight excluding hydrogens is 419 g/mol. The van der Waals surface area contributed by atoms with Crippen molar-refractivity contribution in [1.82, 2.24) is 9.55 Å². The van der Waals surface area contributed by atoms with Gasteiger partial charge >= 0.3 is 19.8 Å². The molecule has 29 heavy (non-hydrogen) atoms. The topological polar surface area (TPSA) is 244 Å². The zero-order valence-corrected chi connectivity index (χ0v) is 15.4. The number of nitrogens with one attached hydrogen (secondary N) is 1. The number of hydrogen-bond donors (Lipinski definition) is 4. The average molecular weight is 434 g/mol. The van der Waals surface area contributed by atoms with Crippen molar-refractivity contribution in [2.75, 3.05) is 6.61 Å². The van der Waals surface area contributed by atoms with E-state index in [1.54, 1.807) is 0 Å². The van der Waals surface area contributed by atoms with Crippen LogP contribution in [0, 0.1) is 0 Å². The summed E-state index contributed by atoms with van der Waals surface area (Å²) in [7, 11) is -2.95. The summed E-state index contributed by atoms with van der Waals surface area (Å²) >= 11 is 0. The lowest BCUT2D eigenvalue weighted by Crippen LogP contribution is -2.45. The summed E-state index contributed by atoms with van der Waals surface area (Å²) < 4.78 is 13.7. The second kappa shape index (κ2) is 9.21. The van der Waals surface area contributed by atoms with Crippen LogP contribution in [0.2, 0.25) is 0 Å². The largest absolute Gasteiger partial charge is 0.581 e. The molecule has 0 aromatic carbocycles. The third kappa shape index (κ3) is 5.03. The van der Waals surface area contributed by atoms with E-state index in [9.17, 15) is 29.5 Å². The molecular formula is C12H15N6O10P. The SMILES string of the molecule is C[C@H](N=[P+]([O-])OOC[C@@]1(N=[N+]=[N-])O[C@@H](n2ccc(=O)[nH]c2=O)[C@H](O)[C@@H]1O)C(=O)O. The number of carbonyl (C=O) groups is 1. The van der Waals surface area contributed by atoms with Gasteiger partial charge in [-0.1, -0.05) is 9.86 Å². The molecule has 158 valence electrons. The third-order valence-electron chi connectivity index (χ3n) is 3.75. The van der Waals surface area contributed by atoms with Crippen LogP contribution in [0.1, 0.15) is 13.2 Å². The molecule has 1 aromatic rings. The molecule has 1 fully saturated rings. The number of aliphatic hydroxyl groups excluding tert-OH is 2. The molecule has 1 unspecified atom stereocenters. The Morgan fingerprint density at radius 3 is 2.86 bits per heavy atom. The normalized spacial score (nSPS) is 28.0. The number of aromatic amines is 1. The number of ether oxygens (including phenoxy) is 1. The number of azide groups is 1. The molecule has 0 amide bonds. The van der Waals surface area contributed by atoms with E-state index in [1.807, 2.05) is 4.98 Å². The Balaban J connectivity index is 2.20. The van der Waals surface area contributed by atoms with Crippen molar-refractivity contribution in [1.29, 1.82) is 0 Å². The minimum Gasteiger partial charge on any atom is -0.581 e. The van der Waals surface area contributed by atoms with Crippen LogP contribution >= 0.6 is 8.17 Å². The van der Waals surface area contributed by atoms with Crippen molar-refractivity contribution in [2.45, 2.75) is 37.1 Å². The van der Waals surface area contributed by atoms with Gasteiger partial charge in [0.1, 0.15) is 18.8 Å². The van der Waals surface area contributed by atoms with Gasteiger partial charge < -0.3 is 24.9 Å². The maximum atomic E-state index is 11.9. The van der Waals surface area contributed by atoms with Crippen molar-refractivity contribution in [3.63, 3.8) is 0 Å². The highest BCUT2D eigenvalue weighted by molar-refractivity contribution is 7.33. The van der Waals surface area contributed by atoms with Crippen molar-refractivity contribution in [3.8, 4) is 0 Å². The second-order valence-electron chi connectivity index (χ2n) is 5.70. The average Bonchev–Trinajstić information content (AvgIpc) is 2.87. The third-order valence-corrected chi connectivity index (χ3v) is 4.52. The lowest BCUT2D eigenvalue weighted by Gasteiger charge is -2.24. The second-order valence-corrected chi connectivity index (χ2v) is 6.56. The molecule has 17 heteroatoms. The van der Waals surface area contributed by atoms with Crippen LogP contribution in [0.3, 0.4) is 0 Å². The van der Waals surface area contributed by atoms with E-state index in [-0.39, 0.29) is 0 Å². The molecule has 2 heterocycles. The maximum absolute atomic E-state index is 11.9. The van der Waals surface area contributed by atoms with Crippen LogP contribution in [0.25, 0.3) is 10.4 Å². The molecule has 0 bridgehead atoms. The molecule has 0 aliphatic carbocycles. The van der Waals surface area contributed by atoms with E-state index in [0.717, 1.165) is 23.8 Å². The fourth-order valence-electron chi connectivity index (χ4n) is 2.29. The van der Waals surface area contributed by atoms with Crippen LogP contribution in [0.4, 0.5) is 0 Å². The van der Waals surface area contributed by atoms with E-state index in [4.69, 9.17) is 15.4 Å². The maximum Gasteiger partial charge on any atom is 0.382 e. The molecule has 0 saturated carbocycles. The minimum atomic E-state index is -2.95. The van der Waals surface area contributed by atoms with E-state index in [2.05, 4.69) is 24.3 Å². The van der Waals surface area contributed by atoms with Crippen molar-refractivity contribution >= 4 is 14.1 Å². The van der Waals surface area contributed by atoms with Crippen LogP contribution in [0.5, 0.6) is 0 Å². The first-order chi connectivity index (χ1) is 13.6. The van der Waals surface area contributed by atoms with Gasteiger partial charge in [-0.3, -0.25) is 14.3 Å². The van der Waals surface area contributed by atoms with Gasteiger partial charge in [-0.2, -0.15) is 4.89 Å². The highest BCUT2D eigenvalue weighted by Crippen LogP contribution is 2.38. The monoisotopic (exact) mass is 434 g/mol. The molecule has 1 saturated heterocycles. The van der Waals surface area contributed by atoms with Gasteiger partial charge in [-0.25, -0.2) is 9.59 Å². The summed E-state index contributed by atoms with van der Waals surface area (Å²) in [5, 5.41) is 32.4. The number of H-pyrrole nitrogens is 1. The van der Waals surface area contributed by atoms with Gasteiger partial charge in [-0.15, -0.1) is 0 Å². The molecule has 2 rings (SSSR count). The predicted octanol–water partition coefficient (Wildman–Crippen LogP) is -1.93. The van der Waals surface area contributed by atoms with Crippen molar-refractivity contribution in [3.05, 3.63) is 43.5 Å². The van der Waals surface area contributed by atoms with Gasteiger partial charge in [0, 0.05) is 21.8 Å². The number of nitrogens with zero attached hydrogens (tertiary/aromatic N) is 5. The van der Waals surface area contributed by atoms with Crippen LogP contribution < -0.4 is 16.1 Å². The Morgan fingerprint density at radius 1 is 1.59 bits per heavy atom. The zero-order valence-electron chi connectivity index (χ0n) is 14.6. The number of carboxylic acid groups (broad SMARTS) is 1. The minimum absolute atomic E-state index is 0.722. The van der Waals surface area contributed by atoms with E-state index in [1.165, 1.54) is 0 Å². The highest BCUT2D eigenvalue weighted by Gasteiger charge is 2.56. The summed E-state index contributed by atoms with van der Waals surface area (Å²) in [6, 6.07) is -0.410. The Kier molecular flexibility index (Phi) is 7.18. The van der Waals surface area contributed by atoms with Crippen molar-refractivity contribution in [2.24, 2.45) is 9.86 Å². The molecule has 4 N–H and O–H groups in total. The molecule has 0 radical (unpaired) electrons. The van der Waals surface area contributed by atoms with Gasteiger partial charge in [0.2, 0.25) is 5.72 Å². The number of aromatic nitrogens is 2. The first kappa shape index (κ1) is 22.6. The summed E-state index contributed by atoms with van der Waals surface area (Å²) in [5.41, 5.74) is 4.75. The van der Waals surface area contributed by atoms with Crippen molar-refractivity contribution < 1.29 is 39.3 Å². The quantitative estimate of drug-likeness (QED) is 0.0881. The number of rotatable bonds is 8. The number of aliphatic hydroxyl groups is 2. The molecule has 1 aliphatic rings. The molecule has 1 aromatic heterocycles. The summed E-state index contributed by atoms with van der Waals surface area (Å²) in [6.07, 6.45) is -4.35. The Morgan fingerprint density at radius 2 is 2.28 bits per heavy atom. The lowest BCUT2D eigenvalue weighted by molar-refractivity contribution is -0.291. The zero-order chi connectivity index (χ0) is 21.8. The molecule has 1 aliphatic heterocycles. The fourth-order valence-corrected chi connectivity index (χ4v) is 2.86. The Bertz CT molecular complexity index is 957. The van der Waals surface area contributed by atoms with Crippen LogP contribution in [-0.4, -0.2) is 61.4 Å². The van der Waals surface area contributed by atoms with E-state index < -0.39 is 62.2 Å². The van der Waals surface area contributed by atoms with E-state index in [0.29, 0.717) is 0 Å². The fraction of sp³-hybridized carbons (Fsp3) is 0.583.